The monoisotopic (exact) mass is 477 g/mol. The smallest absolute Gasteiger partial charge is 0.345 e. The molecule has 2 aromatic heterocycles. The molecule has 1 aromatic carbocycles. The normalized spacial score (nSPS) is 16.0. The molecule has 10 heteroatoms. The molecule has 35 heavy (non-hydrogen) atoms. The fourth-order valence-corrected chi connectivity index (χ4v) is 3.60. The van der Waals surface area contributed by atoms with Gasteiger partial charge in [-0.2, -0.15) is 5.26 Å². The number of ketones is 1. The molecule has 2 heterocycles. The summed E-state index contributed by atoms with van der Waals surface area (Å²) in [5.74, 6) is -2.13. The van der Waals surface area contributed by atoms with Gasteiger partial charge in [0.2, 0.25) is 0 Å². The van der Waals surface area contributed by atoms with Crippen LogP contribution in [0.4, 0.5) is 15.0 Å². The number of carbonyl (C=O) groups excluding carboxylic acids is 3. The molecule has 1 fully saturated rings. The number of halogens is 1. The summed E-state index contributed by atoms with van der Waals surface area (Å²) in [6.45, 7) is 1.65. The second-order valence-electron chi connectivity index (χ2n) is 7.84. The number of rotatable bonds is 7. The number of anilines is 1. The lowest BCUT2D eigenvalue weighted by molar-refractivity contribution is 0.0729. The van der Waals surface area contributed by atoms with Gasteiger partial charge in [0.1, 0.15) is 23.5 Å². The van der Waals surface area contributed by atoms with E-state index in [9.17, 15) is 18.8 Å². The molecule has 2 N–H and O–H groups in total. The molecule has 1 saturated carbocycles. The van der Waals surface area contributed by atoms with Crippen molar-refractivity contribution in [1.82, 2.24) is 15.3 Å². The lowest BCUT2D eigenvalue weighted by Gasteiger charge is -2.15. The number of nitrogens with one attached hydrogen (secondary N) is 2. The first-order valence-corrected chi connectivity index (χ1v) is 10.8. The Hall–Kier alpha value is -4.65. The summed E-state index contributed by atoms with van der Waals surface area (Å²) < 4.78 is 20.5. The first kappa shape index (κ1) is 23.5. The molecule has 9 nitrogen and oxygen atoms in total. The van der Waals surface area contributed by atoms with Crippen LogP contribution in [0, 0.1) is 17.1 Å². The van der Waals surface area contributed by atoms with Gasteiger partial charge >= 0.3 is 12.0 Å². The maximum Gasteiger partial charge on any atom is 0.345 e. The van der Waals surface area contributed by atoms with Crippen molar-refractivity contribution >= 4 is 23.6 Å². The minimum Gasteiger partial charge on any atom is -0.422 e. The van der Waals surface area contributed by atoms with Crippen LogP contribution in [0.3, 0.4) is 0 Å². The largest absolute Gasteiger partial charge is 0.422 e. The number of Topliss-reactive ketones (excluding diaryl/α,β-unsaturated/α-hetero) is 1. The van der Waals surface area contributed by atoms with Gasteiger partial charge in [-0.3, -0.25) is 15.1 Å². The Bertz CT molecular complexity index is 1330. The Morgan fingerprint density at radius 1 is 1.23 bits per heavy atom. The van der Waals surface area contributed by atoms with E-state index in [0.717, 1.165) is 6.07 Å². The number of esters is 1. The first-order valence-electron chi connectivity index (χ1n) is 10.8. The number of amides is 2. The molecule has 0 aliphatic heterocycles. The zero-order chi connectivity index (χ0) is 24.9. The van der Waals surface area contributed by atoms with Crippen LogP contribution in [0.15, 0.2) is 55.0 Å². The molecule has 0 spiro atoms. The topological polar surface area (TPSA) is 134 Å². The molecule has 0 radical (unpaired) electrons. The average molecular weight is 477 g/mol. The van der Waals surface area contributed by atoms with Crippen molar-refractivity contribution < 1.29 is 26.4 Å². The first-order chi connectivity index (χ1) is 16.9. The van der Waals surface area contributed by atoms with Crippen LogP contribution in [0.1, 0.15) is 60.4 Å². The number of nitriles is 1. The third-order valence-electron chi connectivity index (χ3n) is 5.47. The Balaban J connectivity index is 0.00000241. The molecule has 2 atom stereocenters. The Kier molecular flexibility index (Phi) is 6.78. The van der Waals surface area contributed by atoms with Gasteiger partial charge in [-0.15, -0.1) is 0 Å². The lowest BCUT2D eigenvalue weighted by atomic mass is 10.00. The van der Waals surface area contributed by atoms with Crippen LogP contribution in [0.2, 0.25) is 0 Å². The quantitative estimate of drug-likeness (QED) is 0.291. The highest BCUT2D eigenvalue weighted by Crippen LogP contribution is 2.47. The van der Waals surface area contributed by atoms with E-state index < -0.39 is 29.8 Å². The van der Waals surface area contributed by atoms with Crippen LogP contribution >= 0.6 is 0 Å². The highest BCUT2D eigenvalue weighted by molar-refractivity contribution is 6.01. The summed E-state index contributed by atoms with van der Waals surface area (Å²) in [6, 6.07) is 9.43. The Morgan fingerprint density at radius 2 is 2.06 bits per heavy atom. The minimum atomic E-state index is -0.773. The van der Waals surface area contributed by atoms with E-state index in [1.807, 2.05) is 6.07 Å². The van der Waals surface area contributed by atoms with Crippen LogP contribution in [0.25, 0.3) is 0 Å². The van der Waals surface area contributed by atoms with Gasteiger partial charge in [-0.25, -0.2) is 19.0 Å². The van der Waals surface area contributed by atoms with E-state index in [0.29, 0.717) is 12.0 Å². The predicted molar refractivity (Wildman–Crippen MR) is 127 cm³/mol. The summed E-state index contributed by atoms with van der Waals surface area (Å²) in [4.78, 5) is 45.5. The van der Waals surface area contributed by atoms with Crippen molar-refractivity contribution in [3.8, 4) is 11.8 Å². The number of aromatic nitrogens is 2. The lowest BCUT2D eigenvalue weighted by Crippen LogP contribution is -2.31. The van der Waals surface area contributed by atoms with Crippen LogP contribution in [-0.4, -0.2) is 33.8 Å². The molecule has 0 saturated heterocycles. The second-order valence-corrected chi connectivity index (χ2v) is 7.84. The van der Waals surface area contributed by atoms with Gasteiger partial charge in [0.25, 0.3) is 0 Å². The minimum absolute atomic E-state index is 0. The fourth-order valence-electron chi connectivity index (χ4n) is 3.60. The summed E-state index contributed by atoms with van der Waals surface area (Å²) in [7, 11) is 0. The van der Waals surface area contributed by atoms with E-state index in [2.05, 4.69) is 20.6 Å². The molecule has 1 aliphatic rings. The van der Waals surface area contributed by atoms with E-state index in [1.54, 1.807) is 13.0 Å². The van der Waals surface area contributed by atoms with Crippen molar-refractivity contribution in [3.05, 3.63) is 83.1 Å². The molecule has 3 aromatic rings. The molecular weight excluding hydrogens is 453 g/mol. The molecule has 1 unspecified atom stereocenters. The third kappa shape index (κ3) is 5.30. The number of pyridine rings is 2. The van der Waals surface area contributed by atoms with Crippen LogP contribution in [0.5, 0.6) is 5.75 Å². The fraction of sp³-hybridized carbons (Fsp3) is 0.200. The molecule has 1 aliphatic carbocycles. The summed E-state index contributed by atoms with van der Waals surface area (Å²) >= 11 is 0. The van der Waals surface area contributed by atoms with Gasteiger partial charge in [0.15, 0.2) is 5.78 Å². The highest BCUT2D eigenvalue weighted by atomic mass is 19.1. The second kappa shape index (κ2) is 10.1. The molecule has 0 bridgehead atoms. The van der Waals surface area contributed by atoms with Crippen LogP contribution in [-0.2, 0) is 0 Å². The average Bonchev–Trinajstić information content (AvgIpc) is 3.62. The Morgan fingerprint density at radius 3 is 2.71 bits per heavy atom. The van der Waals surface area contributed by atoms with Crippen molar-refractivity contribution in [1.29, 1.82) is 5.26 Å². The van der Waals surface area contributed by atoms with Crippen molar-refractivity contribution in [2.75, 3.05) is 5.32 Å². The number of carbonyl (C=O) groups is 3. The number of hydrogen-bond acceptors (Lipinski definition) is 7. The number of ether oxygens (including phenoxy) is 1. The van der Waals surface area contributed by atoms with Crippen LogP contribution < -0.4 is 15.4 Å². The third-order valence-corrected chi connectivity index (χ3v) is 5.47. The number of hydrogen-bond donors (Lipinski definition) is 2. The zero-order valence-corrected chi connectivity index (χ0v) is 18.6. The van der Waals surface area contributed by atoms with E-state index in [4.69, 9.17) is 10.00 Å². The van der Waals surface area contributed by atoms with Gasteiger partial charge in [-0.1, -0.05) is 6.92 Å². The van der Waals surface area contributed by atoms with E-state index in [1.165, 1.54) is 42.9 Å². The predicted octanol–water partition coefficient (Wildman–Crippen LogP) is 4.47. The number of nitrogens with zero attached hydrogens (tertiary/aromatic N) is 3. The van der Waals surface area contributed by atoms with Gasteiger partial charge in [0, 0.05) is 45.4 Å². The maximum absolute atomic E-state index is 15.0. The van der Waals surface area contributed by atoms with Crippen molar-refractivity contribution in [2.24, 2.45) is 0 Å². The van der Waals surface area contributed by atoms with Gasteiger partial charge in [-0.05, 0) is 42.8 Å². The molecule has 4 rings (SSSR count). The molecular formula is C25H24FN5O4. The summed E-state index contributed by atoms with van der Waals surface area (Å²) in [5, 5.41) is 14.1. The standard InChI is InChI=1S/C25H20FN5O4.2H2/c1-2-20(32)16-6-7-18(26)22(23(16)35-24(33)15-4-3-9-28-13-15)17-10-19(17)30-25(34)31-21-8-5-14(11-27)12-29-21;;/h3-9,12-13,17,19H,2,10H2,1H3,(H2,29,30,31,34);2*1H/t17-,19?;;/m1../s1. The number of benzene rings is 1. The zero-order valence-electron chi connectivity index (χ0n) is 18.6. The summed E-state index contributed by atoms with van der Waals surface area (Å²) in [6.07, 6.45) is 4.65. The highest BCUT2D eigenvalue weighted by Gasteiger charge is 2.44. The van der Waals surface area contributed by atoms with E-state index >= 15 is 0 Å². The van der Waals surface area contributed by atoms with Gasteiger partial charge < -0.3 is 10.1 Å². The van der Waals surface area contributed by atoms with E-state index in [-0.39, 0.29) is 43.3 Å². The van der Waals surface area contributed by atoms with Crippen molar-refractivity contribution in [2.45, 2.75) is 31.7 Å². The molecule has 2 amide bonds. The Labute approximate surface area is 202 Å². The van der Waals surface area contributed by atoms with Crippen molar-refractivity contribution in [3.63, 3.8) is 0 Å². The summed E-state index contributed by atoms with van der Waals surface area (Å²) in [5.41, 5.74) is 0.655. The number of urea groups is 1. The maximum atomic E-state index is 15.0. The molecule has 180 valence electrons. The SMILES string of the molecule is CCC(=O)c1ccc(F)c([C@@H]2CC2NC(=O)Nc2ccc(C#N)cn2)c1OC(=O)c1cccnc1.[HH].[HH]. The van der Waals surface area contributed by atoms with Gasteiger partial charge in [0.05, 0.1) is 16.7 Å².